The average molecular weight is 416 g/mol. The number of rotatable bonds is 4. The van der Waals surface area contributed by atoms with Gasteiger partial charge in [0, 0.05) is 18.6 Å². The highest BCUT2D eigenvalue weighted by molar-refractivity contribution is 5.74. The van der Waals surface area contributed by atoms with Crippen molar-refractivity contribution < 1.29 is 21.5 Å². The summed E-state index contributed by atoms with van der Waals surface area (Å²) >= 11 is 0. The summed E-state index contributed by atoms with van der Waals surface area (Å²) in [6.45, 7) is 0.903. The number of halogens is 1. The number of fused-ring (bicyclic) bond motifs is 1. The Kier molecular flexibility index (Phi) is 6.27. The third-order valence-electron chi connectivity index (χ3n) is 5.12. The molecule has 2 aromatic carbocycles. The number of aromatic nitrogens is 1. The first-order valence-electron chi connectivity index (χ1n) is 9.12. The summed E-state index contributed by atoms with van der Waals surface area (Å²) < 4.78 is 2.26. The van der Waals surface area contributed by atoms with Crippen LogP contribution in [0.25, 0.3) is 16.7 Å². The van der Waals surface area contributed by atoms with Crippen molar-refractivity contribution in [2.75, 3.05) is 0 Å². The van der Waals surface area contributed by atoms with E-state index in [0.29, 0.717) is 6.42 Å². The molecule has 0 radical (unpaired) electrons. The molecule has 0 aliphatic heterocycles. The molecule has 0 fully saturated rings. The van der Waals surface area contributed by atoms with Crippen LogP contribution in [0.1, 0.15) is 24.0 Å². The molecule has 0 saturated heterocycles. The third-order valence-corrected chi connectivity index (χ3v) is 5.12. The molecule has 0 bridgehead atoms. The van der Waals surface area contributed by atoms with Crippen molar-refractivity contribution in [1.82, 2.24) is 0 Å². The van der Waals surface area contributed by atoms with Crippen LogP contribution in [-0.4, -0.2) is 0 Å². The second-order valence-electron chi connectivity index (χ2n) is 6.75. The molecule has 0 saturated carbocycles. The van der Waals surface area contributed by atoms with Crippen molar-refractivity contribution in [3.63, 3.8) is 0 Å². The van der Waals surface area contributed by atoms with Gasteiger partial charge in [-0.3, -0.25) is 0 Å². The first-order chi connectivity index (χ1) is 12.8. The standard InChI is InChI=1S/C25H22N.BrH/c1-2-8-24-23(14-13-22-11-6-7-12-25(22)24)19-26-17-15-21(16-18-26)20-9-4-3-5-10-20;/h1,3-7,9-12,15-18H,8,13-14,19H2;1H/q+1;/p-1. The molecule has 0 spiro atoms. The second-order valence-corrected chi connectivity index (χ2v) is 6.75. The maximum atomic E-state index is 5.67. The SMILES string of the molecule is C#CCC1=C(C[n+]2ccc(-c3ccccc3)cc2)CCc2ccccc21.[Br-]. The molecule has 134 valence electrons. The van der Waals surface area contributed by atoms with Crippen molar-refractivity contribution in [3.8, 4) is 23.5 Å². The van der Waals surface area contributed by atoms with E-state index in [9.17, 15) is 0 Å². The topological polar surface area (TPSA) is 3.88 Å². The highest BCUT2D eigenvalue weighted by Gasteiger charge is 2.20. The van der Waals surface area contributed by atoms with Gasteiger partial charge < -0.3 is 17.0 Å². The lowest BCUT2D eigenvalue weighted by Gasteiger charge is -2.21. The van der Waals surface area contributed by atoms with E-state index in [4.69, 9.17) is 6.42 Å². The summed E-state index contributed by atoms with van der Waals surface area (Å²) in [5.41, 5.74) is 8.05. The molecule has 27 heavy (non-hydrogen) atoms. The smallest absolute Gasteiger partial charge is 0.170 e. The second kappa shape index (κ2) is 8.84. The Hall–Kier alpha value is -2.63. The molecule has 1 aliphatic carbocycles. The fourth-order valence-electron chi connectivity index (χ4n) is 3.76. The van der Waals surface area contributed by atoms with Gasteiger partial charge in [0.15, 0.2) is 18.9 Å². The molecule has 3 aromatic rings. The zero-order chi connectivity index (χ0) is 17.8. The Morgan fingerprint density at radius 2 is 1.48 bits per heavy atom. The quantitative estimate of drug-likeness (QED) is 0.453. The molecule has 1 heterocycles. The molecule has 0 atom stereocenters. The lowest BCUT2D eigenvalue weighted by atomic mass is 9.84. The lowest BCUT2D eigenvalue weighted by molar-refractivity contribution is -0.689. The first kappa shape index (κ1) is 19.1. The van der Waals surface area contributed by atoms with Gasteiger partial charge in [0.25, 0.3) is 0 Å². The van der Waals surface area contributed by atoms with Crippen molar-refractivity contribution in [3.05, 3.63) is 95.8 Å². The van der Waals surface area contributed by atoms with Gasteiger partial charge in [0.2, 0.25) is 0 Å². The number of terminal acetylenes is 1. The Labute approximate surface area is 172 Å². The molecule has 2 heteroatoms. The zero-order valence-electron chi connectivity index (χ0n) is 15.2. The number of pyridine rings is 1. The molecule has 4 rings (SSSR count). The molecule has 1 nitrogen and oxygen atoms in total. The monoisotopic (exact) mass is 415 g/mol. The minimum Gasteiger partial charge on any atom is -1.00 e. The number of allylic oxidation sites excluding steroid dienone is 2. The van der Waals surface area contributed by atoms with Gasteiger partial charge in [-0.1, -0.05) is 54.6 Å². The van der Waals surface area contributed by atoms with E-state index in [2.05, 4.69) is 83.5 Å². The highest BCUT2D eigenvalue weighted by atomic mass is 79.9. The Bertz CT molecular complexity index is 979. The summed E-state index contributed by atoms with van der Waals surface area (Å²) in [7, 11) is 0. The van der Waals surface area contributed by atoms with Crippen molar-refractivity contribution in [2.24, 2.45) is 0 Å². The minimum atomic E-state index is 0. The van der Waals surface area contributed by atoms with E-state index < -0.39 is 0 Å². The number of nitrogens with zero attached hydrogens (tertiary/aromatic N) is 1. The van der Waals surface area contributed by atoms with Gasteiger partial charge in [0.05, 0.1) is 0 Å². The van der Waals surface area contributed by atoms with E-state index in [-0.39, 0.29) is 17.0 Å². The fourth-order valence-corrected chi connectivity index (χ4v) is 3.76. The summed E-state index contributed by atoms with van der Waals surface area (Å²) in [6.07, 6.45) is 12.9. The summed E-state index contributed by atoms with van der Waals surface area (Å²) in [4.78, 5) is 0. The number of benzene rings is 2. The normalized spacial score (nSPS) is 12.7. The van der Waals surface area contributed by atoms with Crippen LogP contribution < -0.4 is 21.5 Å². The number of hydrogen-bond acceptors (Lipinski definition) is 0. The third kappa shape index (κ3) is 4.21. The minimum absolute atomic E-state index is 0. The molecule has 1 aromatic heterocycles. The zero-order valence-corrected chi connectivity index (χ0v) is 16.8. The molecular formula is C25H22BrN. The van der Waals surface area contributed by atoms with E-state index in [0.717, 1.165) is 19.4 Å². The van der Waals surface area contributed by atoms with Gasteiger partial charge >= 0.3 is 0 Å². The van der Waals surface area contributed by atoms with Crippen LogP contribution in [0.5, 0.6) is 0 Å². The van der Waals surface area contributed by atoms with Gasteiger partial charge in [-0.05, 0) is 46.2 Å². The molecular weight excluding hydrogens is 394 g/mol. The summed E-state index contributed by atoms with van der Waals surface area (Å²) in [5.74, 6) is 2.86. The van der Waals surface area contributed by atoms with Crippen LogP contribution in [0.4, 0.5) is 0 Å². The van der Waals surface area contributed by atoms with Gasteiger partial charge in [-0.2, -0.15) is 0 Å². The van der Waals surface area contributed by atoms with Gasteiger partial charge in [-0.15, -0.1) is 12.3 Å². The lowest BCUT2D eigenvalue weighted by Crippen LogP contribution is -3.00. The van der Waals surface area contributed by atoms with Crippen LogP contribution >= 0.6 is 0 Å². The summed E-state index contributed by atoms with van der Waals surface area (Å²) in [6, 6.07) is 23.5. The molecule has 1 aliphatic rings. The van der Waals surface area contributed by atoms with E-state index in [1.54, 1.807) is 0 Å². The largest absolute Gasteiger partial charge is 1.00 e. The Balaban J connectivity index is 0.00000210. The number of aryl methyl sites for hydroxylation is 1. The van der Waals surface area contributed by atoms with Crippen molar-refractivity contribution in [1.29, 1.82) is 0 Å². The Morgan fingerprint density at radius 1 is 0.815 bits per heavy atom. The highest BCUT2D eigenvalue weighted by Crippen LogP contribution is 2.33. The van der Waals surface area contributed by atoms with E-state index in [1.165, 1.54) is 33.4 Å². The molecule has 0 N–H and O–H groups in total. The van der Waals surface area contributed by atoms with Crippen molar-refractivity contribution >= 4 is 5.57 Å². The van der Waals surface area contributed by atoms with E-state index in [1.807, 2.05) is 6.07 Å². The van der Waals surface area contributed by atoms with E-state index >= 15 is 0 Å². The van der Waals surface area contributed by atoms with Crippen LogP contribution in [-0.2, 0) is 13.0 Å². The van der Waals surface area contributed by atoms with Crippen LogP contribution in [0.15, 0.2) is 84.7 Å². The van der Waals surface area contributed by atoms with Crippen LogP contribution in [0, 0.1) is 12.3 Å². The fraction of sp³-hybridized carbons (Fsp3) is 0.160. The number of hydrogen-bond donors (Lipinski definition) is 0. The summed E-state index contributed by atoms with van der Waals surface area (Å²) in [5, 5.41) is 0. The van der Waals surface area contributed by atoms with Crippen molar-refractivity contribution in [2.45, 2.75) is 25.8 Å². The van der Waals surface area contributed by atoms with Gasteiger partial charge in [-0.25, -0.2) is 4.57 Å². The maximum Gasteiger partial charge on any atom is 0.170 e. The maximum absolute atomic E-state index is 5.67. The predicted molar refractivity (Wildman–Crippen MR) is 107 cm³/mol. The van der Waals surface area contributed by atoms with Gasteiger partial charge in [0.1, 0.15) is 0 Å². The molecule has 0 amide bonds. The molecule has 0 unspecified atom stereocenters. The van der Waals surface area contributed by atoms with Crippen LogP contribution in [0.2, 0.25) is 0 Å². The van der Waals surface area contributed by atoms with Crippen LogP contribution in [0.3, 0.4) is 0 Å². The average Bonchev–Trinajstić information content (AvgIpc) is 2.71. The Morgan fingerprint density at radius 3 is 2.22 bits per heavy atom. The first-order valence-corrected chi connectivity index (χ1v) is 9.12. The predicted octanol–water partition coefficient (Wildman–Crippen LogP) is 2.07.